The lowest BCUT2D eigenvalue weighted by Crippen LogP contribution is -2.54. The lowest BCUT2D eigenvalue weighted by atomic mass is 9.77. The highest BCUT2D eigenvalue weighted by Crippen LogP contribution is 2.49. The number of oxime groups is 1. The second kappa shape index (κ2) is 4.69. The summed E-state index contributed by atoms with van der Waals surface area (Å²) >= 11 is 0. The van der Waals surface area contributed by atoms with Gasteiger partial charge in [0.15, 0.2) is 5.84 Å². The Balaban J connectivity index is 1.79. The number of rotatable bonds is 2. The summed E-state index contributed by atoms with van der Waals surface area (Å²) in [6, 6.07) is 0.402. The van der Waals surface area contributed by atoms with E-state index in [1.807, 2.05) is 0 Å². The third kappa shape index (κ3) is 1.99. The normalized spacial score (nSPS) is 33.7. The molecule has 19 heavy (non-hydrogen) atoms. The van der Waals surface area contributed by atoms with Gasteiger partial charge >= 0.3 is 0 Å². The summed E-state index contributed by atoms with van der Waals surface area (Å²) in [5.74, 6) is 0.893. The summed E-state index contributed by atoms with van der Waals surface area (Å²) in [5, 5.41) is 12.0. The van der Waals surface area contributed by atoms with Crippen molar-refractivity contribution in [2.24, 2.45) is 22.2 Å². The van der Waals surface area contributed by atoms with Crippen LogP contribution in [0, 0.1) is 11.3 Å². The molecule has 5 heteroatoms. The quantitative estimate of drug-likeness (QED) is 0.345. The second-order valence-corrected chi connectivity index (χ2v) is 6.32. The number of amides is 1. The van der Waals surface area contributed by atoms with Crippen molar-refractivity contribution in [2.75, 3.05) is 6.54 Å². The van der Waals surface area contributed by atoms with E-state index in [0.717, 1.165) is 32.2 Å². The number of piperidine rings is 1. The number of nitrogens with zero attached hydrogens (tertiary/aromatic N) is 2. The predicted molar refractivity (Wildman–Crippen MR) is 71.8 cm³/mol. The van der Waals surface area contributed by atoms with Crippen LogP contribution in [0.3, 0.4) is 0 Å². The number of hydrogen-bond donors (Lipinski definition) is 2. The monoisotopic (exact) mass is 265 g/mol. The molecule has 106 valence electrons. The molecule has 1 heterocycles. The fraction of sp³-hybridized carbons (Fsp3) is 0.857. The Morgan fingerprint density at radius 3 is 2.58 bits per heavy atom. The Morgan fingerprint density at radius 2 is 1.89 bits per heavy atom. The van der Waals surface area contributed by atoms with Gasteiger partial charge in [0.25, 0.3) is 0 Å². The Hall–Kier alpha value is -1.26. The molecule has 0 aromatic heterocycles. The van der Waals surface area contributed by atoms with Gasteiger partial charge in [-0.05, 0) is 44.4 Å². The minimum Gasteiger partial charge on any atom is -0.409 e. The van der Waals surface area contributed by atoms with Crippen LogP contribution in [-0.2, 0) is 4.79 Å². The third-order valence-electron chi connectivity index (χ3n) is 5.26. The average Bonchev–Trinajstić information content (AvgIpc) is 3.26. The van der Waals surface area contributed by atoms with Crippen LogP contribution in [0.4, 0.5) is 0 Å². The van der Waals surface area contributed by atoms with E-state index >= 15 is 0 Å². The first-order valence-corrected chi connectivity index (χ1v) is 7.48. The van der Waals surface area contributed by atoms with Crippen LogP contribution in [0.15, 0.2) is 5.16 Å². The third-order valence-corrected chi connectivity index (χ3v) is 5.26. The minimum absolute atomic E-state index is 0.107. The fourth-order valence-electron chi connectivity index (χ4n) is 3.95. The SMILES string of the molecule is NC(=NO)C1(C(=O)N2CCC[C@H]3CCCC[C@H]32)CC1. The first-order valence-electron chi connectivity index (χ1n) is 7.48. The Morgan fingerprint density at radius 1 is 1.21 bits per heavy atom. The molecule has 3 fully saturated rings. The maximum absolute atomic E-state index is 12.8. The molecule has 3 aliphatic rings. The Kier molecular flexibility index (Phi) is 3.15. The molecule has 0 bridgehead atoms. The van der Waals surface area contributed by atoms with E-state index in [1.54, 1.807) is 0 Å². The van der Waals surface area contributed by atoms with E-state index in [1.165, 1.54) is 25.7 Å². The molecule has 0 radical (unpaired) electrons. The van der Waals surface area contributed by atoms with Crippen LogP contribution in [0.25, 0.3) is 0 Å². The number of hydrogen-bond acceptors (Lipinski definition) is 3. The average molecular weight is 265 g/mol. The lowest BCUT2D eigenvalue weighted by Gasteiger charge is -2.45. The van der Waals surface area contributed by atoms with Crippen LogP contribution >= 0.6 is 0 Å². The van der Waals surface area contributed by atoms with Crippen molar-refractivity contribution < 1.29 is 10.0 Å². The van der Waals surface area contributed by atoms with Gasteiger partial charge < -0.3 is 15.8 Å². The molecule has 1 saturated heterocycles. The summed E-state index contributed by atoms with van der Waals surface area (Å²) in [5.41, 5.74) is 5.07. The molecular weight excluding hydrogens is 242 g/mol. The van der Waals surface area contributed by atoms with E-state index < -0.39 is 5.41 Å². The largest absolute Gasteiger partial charge is 0.409 e. The van der Waals surface area contributed by atoms with Gasteiger partial charge in [-0.15, -0.1) is 0 Å². The topological polar surface area (TPSA) is 78.9 Å². The van der Waals surface area contributed by atoms with Gasteiger partial charge in [0.1, 0.15) is 5.41 Å². The van der Waals surface area contributed by atoms with Crippen molar-refractivity contribution in [1.82, 2.24) is 4.90 Å². The summed E-state index contributed by atoms with van der Waals surface area (Å²) < 4.78 is 0. The van der Waals surface area contributed by atoms with E-state index in [2.05, 4.69) is 10.1 Å². The van der Waals surface area contributed by atoms with Crippen molar-refractivity contribution in [2.45, 2.75) is 57.4 Å². The van der Waals surface area contributed by atoms with Gasteiger partial charge in [-0.2, -0.15) is 0 Å². The molecule has 3 rings (SSSR count). The van der Waals surface area contributed by atoms with Gasteiger partial charge in [-0.1, -0.05) is 18.0 Å². The summed E-state index contributed by atoms with van der Waals surface area (Å²) in [7, 11) is 0. The smallest absolute Gasteiger partial charge is 0.236 e. The van der Waals surface area contributed by atoms with E-state index in [9.17, 15) is 4.79 Å². The second-order valence-electron chi connectivity index (χ2n) is 6.32. The number of likely N-dealkylation sites (tertiary alicyclic amines) is 1. The standard InChI is InChI=1S/C14H23N3O2/c15-12(16-19)14(7-8-14)13(18)17-9-3-5-10-4-1-2-6-11(10)17/h10-11,19H,1-9H2,(H2,15,16)/t10-,11-/m1/s1. The highest BCUT2D eigenvalue weighted by Gasteiger charge is 2.57. The van der Waals surface area contributed by atoms with E-state index in [0.29, 0.717) is 12.0 Å². The molecule has 2 saturated carbocycles. The zero-order valence-electron chi connectivity index (χ0n) is 11.3. The number of carbonyl (C=O) groups is 1. The Labute approximate surface area is 113 Å². The number of amidine groups is 1. The minimum atomic E-state index is -0.673. The van der Waals surface area contributed by atoms with Gasteiger partial charge in [-0.25, -0.2) is 0 Å². The molecular formula is C14H23N3O2. The van der Waals surface area contributed by atoms with Crippen LogP contribution in [0.5, 0.6) is 0 Å². The first-order chi connectivity index (χ1) is 9.19. The number of carbonyl (C=O) groups excluding carboxylic acids is 1. The summed E-state index contributed by atoms with van der Waals surface area (Å²) in [4.78, 5) is 14.8. The predicted octanol–water partition coefficient (Wildman–Crippen LogP) is 1.69. The van der Waals surface area contributed by atoms with Gasteiger partial charge in [-0.3, -0.25) is 4.79 Å². The molecule has 0 aromatic carbocycles. The van der Waals surface area contributed by atoms with E-state index in [4.69, 9.17) is 10.9 Å². The van der Waals surface area contributed by atoms with Gasteiger partial charge in [0.05, 0.1) is 0 Å². The molecule has 0 aromatic rings. The van der Waals surface area contributed by atoms with Crippen LogP contribution < -0.4 is 5.73 Å². The molecule has 5 nitrogen and oxygen atoms in total. The van der Waals surface area contributed by atoms with Crippen molar-refractivity contribution in [1.29, 1.82) is 0 Å². The fourth-order valence-corrected chi connectivity index (χ4v) is 3.95. The first kappa shape index (κ1) is 12.8. The van der Waals surface area contributed by atoms with Crippen molar-refractivity contribution in [3.63, 3.8) is 0 Å². The number of fused-ring (bicyclic) bond motifs is 1. The molecule has 0 spiro atoms. The van der Waals surface area contributed by atoms with Gasteiger partial charge in [0.2, 0.25) is 5.91 Å². The molecule has 0 unspecified atom stereocenters. The molecule has 1 amide bonds. The lowest BCUT2D eigenvalue weighted by molar-refractivity contribution is -0.141. The molecule has 3 N–H and O–H groups in total. The summed E-state index contributed by atoms with van der Waals surface area (Å²) in [6.45, 7) is 0.848. The van der Waals surface area contributed by atoms with Crippen molar-refractivity contribution in [3.05, 3.63) is 0 Å². The maximum Gasteiger partial charge on any atom is 0.236 e. The van der Waals surface area contributed by atoms with Crippen LogP contribution in [0.1, 0.15) is 51.4 Å². The Bertz CT molecular complexity index is 401. The van der Waals surface area contributed by atoms with Crippen LogP contribution in [-0.4, -0.2) is 34.4 Å². The maximum atomic E-state index is 12.8. The van der Waals surface area contributed by atoms with Crippen LogP contribution in [0.2, 0.25) is 0 Å². The summed E-state index contributed by atoms with van der Waals surface area (Å²) in [6.07, 6.45) is 8.72. The van der Waals surface area contributed by atoms with Gasteiger partial charge in [0, 0.05) is 12.6 Å². The number of nitrogens with two attached hydrogens (primary N) is 1. The van der Waals surface area contributed by atoms with Crippen molar-refractivity contribution >= 4 is 11.7 Å². The van der Waals surface area contributed by atoms with Crippen molar-refractivity contribution in [3.8, 4) is 0 Å². The molecule has 2 atom stereocenters. The highest BCUT2D eigenvalue weighted by atomic mass is 16.4. The molecule has 1 aliphatic heterocycles. The molecule has 2 aliphatic carbocycles. The zero-order valence-corrected chi connectivity index (χ0v) is 11.3. The zero-order chi connectivity index (χ0) is 13.5. The highest BCUT2D eigenvalue weighted by molar-refractivity contribution is 6.09. The van der Waals surface area contributed by atoms with E-state index in [-0.39, 0.29) is 11.7 Å².